The summed E-state index contributed by atoms with van der Waals surface area (Å²) in [7, 11) is 0. The summed E-state index contributed by atoms with van der Waals surface area (Å²) < 4.78 is 5.44. The molecule has 0 radical (unpaired) electrons. The predicted molar refractivity (Wildman–Crippen MR) is 62.2 cm³/mol. The molecule has 0 fully saturated rings. The highest BCUT2D eigenvalue weighted by atomic mass is 16.5. The number of benzene rings is 1. The molecule has 0 aromatic heterocycles. The quantitative estimate of drug-likeness (QED) is 0.805. The first-order valence-corrected chi connectivity index (χ1v) is 5.66. The maximum Gasteiger partial charge on any atom is 0.119 e. The number of aliphatic hydroxyl groups is 1. The van der Waals surface area contributed by atoms with Crippen molar-refractivity contribution >= 4 is 0 Å². The number of rotatable bonds is 5. The molecule has 0 saturated carbocycles. The molecule has 1 unspecified atom stereocenters. The molecule has 1 aromatic rings. The molecule has 0 bridgehead atoms. The van der Waals surface area contributed by atoms with E-state index in [1.54, 1.807) is 0 Å². The molecule has 2 heteroatoms. The Morgan fingerprint density at radius 2 is 2.00 bits per heavy atom. The molecular formula is C13H20O2. The Morgan fingerprint density at radius 3 is 2.53 bits per heavy atom. The first-order valence-electron chi connectivity index (χ1n) is 5.66. The summed E-state index contributed by atoms with van der Waals surface area (Å²) in [6, 6.07) is 5.92. The molecule has 1 N–H and O–H groups in total. The predicted octanol–water partition coefficient (Wildman–Crippen LogP) is 3.09. The average molecular weight is 208 g/mol. The van der Waals surface area contributed by atoms with Crippen LogP contribution < -0.4 is 4.74 Å². The highest BCUT2D eigenvalue weighted by Crippen LogP contribution is 2.25. The van der Waals surface area contributed by atoms with Gasteiger partial charge in [0.15, 0.2) is 0 Å². The molecule has 1 rings (SSSR count). The fraction of sp³-hybridized carbons (Fsp3) is 0.538. The molecule has 0 heterocycles. The zero-order chi connectivity index (χ0) is 11.3. The summed E-state index contributed by atoms with van der Waals surface area (Å²) in [5.41, 5.74) is 2.21. The molecule has 15 heavy (non-hydrogen) atoms. The Morgan fingerprint density at radius 1 is 1.27 bits per heavy atom. The van der Waals surface area contributed by atoms with Gasteiger partial charge in [-0.3, -0.25) is 0 Å². The van der Waals surface area contributed by atoms with Crippen LogP contribution in [0.5, 0.6) is 5.75 Å². The Labute approximate surface area is 91.9 Å². The van der Waals surface area contributed by atoms with Crippen molar-refractivity contribution in [3.05, 3.63) is 29.3 Å². The normalized spacial score (nSPS) is 12.5. The molecule has 1 atom stereocenters. The van der Waals surface area contributed by atoms with Crippen molar-refractivity contribution in [1.29, 1.82) is 0 Å². The summed E-state index contributed by atoms with van der Waals surface area (Å²) in [4.78, 5) is 0. The largest absolute Gasteiger partial charge is 0.494 e. The number of hydrogen-bond acceptors (Lipinski definition) is 2. The average Bonchev–Trinajstić information content (AvgIpc) is 2.28. The van der Waals surface area contributed by atoms with E-state index in [0.29, 0.717) is 6.61 Å². The van der Waals surface area contributed by atoms with Gasteiger partial charge >= 0.3 is 0 Å². The van der Waals surface area contributed by atoms with Crippen molar-refractivity contribution in [3.8, 4) is 5.75 Å². The van der Waals surface area contributed by atoms with Gasteiger partial charge in [-0.15, -0.1) is 0 Å². The van der Waals surface area contributed by atoms with Crippen LogP contribution in [-0.4, -0.2) is 11.7 Å². The first-order chi connectivity index (χ1) is 7.22. The van der Waals surface area contributed by atoms with Gasteiger partial charge in [-0.25, -0.2) is 0 Å². The first kappa shape index (κ1) is 12.1. The summed E-state index contributed by atoms with van der Waals surface area (Å²) in [6.45, 7) is 6.73. The molecule has 0 spiro atoms. The Kier molecular flexibility index (Phi) is 4.63. The molecule has 84 valence electrons. The van der Waals surface area contributed by atoms with Gasteiger partial charge in [-0.05, 0) is 43.0 Å². The fourth-order valence-electron chi connectivity index (χ4n) is 1.69. The minimum Gasteiger partial charge on any atom is -0.494 e. The van der Waals surface area contributed by atoms with E-state index in [1.807, 2.05) is 32.0 Å². The van der Waals surface area contributed by atoms with E-state index in [1.165, 1.54) is 5.56 Å². The lowest BCUT2D eigenvalue weighted by molar-refractivity contribution is 0.172. The lowest BCUT2D eigenvalue weighted by Crippen LogP contribution is -2.01. The van der Waals surface area contributed by atoms with E-state index in [2.05, 4.69) is 6.92 Å². The number of hydrogen-bond donors (Lipinski definition) is 1. The van der Waals surface area contributed by atoms with Crippen LogP contribution in [-0.2, 0) is 6.42 Å². The van der Waals surface area contributed by atoms with Crippen molar-refractivity contribution in [1.82, 2.24) is 0 Å². The van der Waals surface area contributed by atoms with E-state index in [9.17, 15) is 5.11 Å². The number of aliphatic hydroxyl groups excluding tert-OH is 1. The van der Waals surface area contributed by atoms with Crippen LogP contribution in [0.2, 0.25) is 0 Å². The standard InChI is InChI=1S/C13H20O2/c1-4-10-9-11(15-6-3)7-8-12(10)13(14)5-2/h7-9,13-14H,4-6H2,1-3H3. The fourth-order valence-corrected chi connectivity index (χ4v) is 1.69. The lowest BCUT2D eigenvalue weighted by atomic mass is 9.99. The summed E-state index contributed by atoms with van der Waals surface area (Å²) >= 11 is 0. The molecular weight excluding hydrogens is 188 g/mol. The van der Waals surface area contributed by atoms with Crippen molar-refractivity contribution in [2.45, 2.75) is 39.7 Å². The molecule has 0 aliphatic rings. The van der Waals surface area contributed by atoms with E-state index < -0.39 is 0 Å². The van der Waals surface area contributed by atoms with Crippen LogP contribution in [0.1, 0.15) is 44.4 Å². The van der Waals surface area contributed by atoms with Crippen molar-refractivity contribution in [2.75, 3.05) is 6.61 Å². The van der Waals surface area contributed by atoms with Crippen LogP contribution in [0.3, 0.4) is 0 Å². The minimum absolute atomic E-state index is 0.351. The molecule has 2 nitrogen and oxygen atoms in total. The van der Waals surface area contributed by atoms with Gasteiger partial charge in [0.25, 0.3) is 0 Å². The van der Waals surface area contributed by atoms with E-state index in [-0.39, 0.29) is 6.10 Å². The summed E-state index contributed by atoms with van der Waals surface area (Å²) in [5.74, 6) is 0.890. The van der Waals surface area contributed by atoms with Gasteiger partial charge in [0.05, 0.1) is 12.7 Å². The van der Waals surface area contributed by atoms with E-state index >= 15 is 0 Å². The Balaban J connectivity index is 2.98. The van der Waals surface area contributed by atoms with Crippen LogP contribution in [0.25, 0.3) is 0 Å². The third-order valence-electron chi connectivity index (χ3n) is 2.55. The second-order valence-electron chi connectivity index (χ2n) is 3.57. The van der Waals surface area contributed by atoms with Crippen molar-refractivity contribution in [2.24, 2.45) is 0 Å². The molecule has 0 aliphatic heterocycles. The van der Waals surface area contributed by atoms with E-state index in [4.69, 9.17) is 4.74 Å². The smallest absolute Gasteiger partial charge is 0.119 e. The summed E-state index contributed by atoms with van der Waals surface area (Å²) in [6.07, 6.45) is 1.32. The van der Waals surface area contributed by atoms with Gasteiger partial charge in [0.2, 0.25) is 0 Å². The van der Waals surface area contributed by atoms with Gasteiger partial charge < -0.3 is 9.84 Å². The maximum absolute atomic E-state index is 9.82. The lowest BCUT2D eigenvalue weighted by Gasteiger charge is -2.14. The SMILES string of the molecule is CCOc1ccc(C(O)CC)c(CC)c1. The second kappa shape index (κ2) is 5.76. The van der Waals surface area contributed by atoms with Gasteiger partial charge in [0.1, 0.15) is 5.75 Å². The highest BCUT2D eigenvalue weighted by molar-refractivity contribution is 5.37. The minimum atomic E-state index is -0.351. The second-order valence-corrected chi connectivity index (χ2v) is 3.57. The zero-order valence-corrected chi connectivity index (χ0v) is 9.79. The van der Waals surface area contributed by atoms with Crippen LogP contribution in [0.15, 0.2) is 18.2 Å². The molecule has 0 aliphatic carbocycles. The Bertz CT molecular complexity index is 307. The number of ether oxygens (including phenoxy) is 1. The monoisotopic (exact) mass is 208 g/mol. The third-order valence-corrected chi connectivity index (χ3v) is 2.55. The van der Waals surface area contributed by atoms with Gasteiger partial charge in [-0.2, -0.15) is 0 Å². The van der Waals surface area contributed by atoms with Crippen LogP contribution in [0, 0.1) is 0 Å². The zero-order valence-electron chi connectivity index (χ0n) is 9.79. The third kappa shape index (κ3) is 2.96. The van der Waals surface area contributed by atoms with Crippen molar-refractivity contribution in [3.63, 3.8) is 0 Å². The summed E-state index contributed by atoms with van der Waals surface area (Å²) in [5, 5.41) is 9.82. The van der Waals surface area contributed by atoms with Crippen molar-refractivity contribution < 1.29 is 9.84 Å². The molecule has 1 aromatic carbocycles. The van der Waals surface area contributed by atoms with Gasteiger partial charge in [0, 0.05) is 0 Å². The van der Waals surface area contributed by atoms with Crippen LogP contribution >= 0.6 is 0 Å². The maximum atomic E-state index is 9.82. The van der Waals surface area contributed by atoms with Gasteiger partial charge in [-0.1, -0.05) is 19.9 Å². The van der Waals surface area contributed by atoms with E-state index in [0.717, 1.165) is 24.2 Å². The molecule has 0 amide bonds. The highest BCUT2D eigenvalue weighted by Gasteiger charge is 2.10. The topological polar surface area (TPSA) is 29.5 Å². The molecule has 0 saturated heterocycles. The number of aryl methyl sites for hydroxylation is 1. The van der Waals surface area contributed by atoms with Crippen LogP contribution in [0.4, 0.5) is 0 Å². The Hall–Kier alpha value is -1.02.